The van der Waals surface area contributed by atoms with Gasteiger partial charge in [-0.15, -0.1) is 0 Å². The molecule has 1 saturated heterocycles. The zero-order valence-corrected chi connectivity index (χ0v) is 16.3. The van der Waals surface area contributed by atoms with Gasteiger partial charge in [0.15, 0.2) is 0 Å². The Kier molecular flexibility index (Phi) is 6.72. The summed E-state index contributed by atoms with van der Waals surface area (Å²) in [4.78, 5) is 13.0. The van der Waals surface area contributed by atoms with Crippen molar-refractivity contribution in [2.24, 2.45) is 0 Å². The molecule has 1 N–H and O–H groups in total. The number of anilines is 3. The molecule has 1 aromatic carbocycles. The van der Waals surface area contributed by atoms with Gasteiger partial charge in [-0.1, -0.05) is 19.1 Å². The van der Waals surface area contributed by atoms with Crippen molar-refractivity contribution in [3.05, 3.63) is 29.8 Å². The van der Waals surface area contributed by atoms with E-state index in [1.807, 2.05) is 19.1 Å². The van der Waals surface area contributed by atoms with Gasteiger partial charge in [0.2, 0.25) is 11.9 Å². The first-order valence-corrected chi connectivity index (χ1v) is 9.31. The van der Waals surface area contributed by atoms with E-state index in [9.17, 15) is 26.3 Å². The number of alkyl halides is 6. The third-order valence-electron chi connectivity index (χ3n) is 4.33. The van der Waals surface area contributed by atoms with Crippen molar-refractivity contribution in [3.63, 3.8) is 0 Å². The zero-order valence-electron chi connectivity index (χ0n) is 16.3. The lowest BCUT2D eigenvalue weighted by Crippen LogP contribution is -2.47. The highest BCUT2D eigenvalue weighted by Gasteiger charge is 2.59. The van der Waals surface area contributed by atoms with Gasteiger partial charge in [-0.25, -0.2) is 0 Å². The van der Waals surface area contributed by atoms with Crippen molar-refractivity contribution in [3.8, 4) is 6.01 Å². The summed E-state index contributed by atoms with van der Waals surface area (Å²) in [5.74, 6) is -0.372. The number of aromatic nitrogens is 3. The van der Waals surface area contributed by atoms with E-state index in [0.29, 0.717) is 32.0 Å². The van der Waals surface area contributed by atoms with E-state index in [4.69, 9.17) is 4.74 Å². The van der Waals surface area contributed by atoms with Gasteiger partial charge < -0.3 is 19.7 Å². The maximum Gasteiger partial charge on any atom is 0.434 e. The number of benzene rings is 1. The smallest absolute Gasteiger partial charge is 0.434 e. The number of nitrogens with zero attached hydrogens (tertiary/aromatic N) is 4. The number of hydrogen-bond donors (Lipinski definition) is 1. The first-order chi connectivity index (χ1) is 14.6. The van der Waals surface area contributed by atoms with Crippen molar-refractivity contribution in [2.75, 3.05) is 36.5 Å². The molecule has 0 atom stereocenters. The SMILES string of the molecule is CCc1ccc(Nc2nc(OC(C(F)(F)F)C(F)(F)F)nc(N3CCOCC3)n2)cc1. The van der Waals surface area contributed by atoms with Gasteiger partial charge in [0.25, 0.3) is 6.10 Å². The third-order valence-corrected chi connectivity index (χ3v) is 4.33. The fraction of sp³-hybridized carbons (Fsp3) is 0.500. The van der Waals surface area contributed by atoms with Gasteiger partial charge in [0.1, 0.15) is 0 Å². The summed E-state index contributed by atoms with van der Waals surface area (Å²) in [6.45, 7) is 3.17. The van der Waals surface area contributed by atoms with Crippen LogP contribution in [0.15, 0.2) is 24.3 Å². The molecule has 1 fully saturated rings. The molecular weight excluding hydrogens is 432 g/mol. The number of morpholine rings is 1. The molecule has 1 aliphatic heterocycles. The second-order valence-corrected chi connectivity index (χ2v) is 6.60. The molecular formula is C18H19F6N5O2. The van der Waals surface area contributed by atoms with Crippen LogP contribution in [0.1, 0.15) is 12.5 Å². The first-order valence-electron chi connectivity index (χ1n) is 9.31. The largest absolute Gasteiger partial charge is 0.440 e. The van der Waals surface area contributed by atoms with Crippen LogP contribution in [-0.4, -0.2) is 59.7 Å². The minimum absolute atomic E-state index is 0.121. The molecule has 2 heterocycles. The Morgan fingerprint density at radius 3 is 2.16 bits per heavy atom. The van der Waals surface area contributed by atoms with Crippen LogP contribution in [-0.2, 0) is 11.2 Å². The van der Waals surface area contributed by atoms with Crippen LogP contribution >= 0.6 is 0 Å². The topological polar surface area (TPSA) is 72.4 Å². The standard InChI is InChI=1S/C18H19F6N5O2/c1-2-11-3-5-12(6-4-11)25-14-26-15(29-7-9-30-10-8-29)28-16(27-14)31-13(17(19,20)21)18(22,23)24/h3-6,13H,2,7-10H2,1H3,(H,25,26,27,28). The van der Waals surface area contributed by atoms with Gasteiger partial charge in [-0.2, -0.15) is 41.3 Å². The maximum absolute atomic E-state index is 12.9. The molecule has 13 heteroatoms. The predicted molar refractivity (Wildman–Crippen MR) is 98.5 cm³/mol. The molecule has 0 saturated carbocycles. The molecule has 170 valence electrons. The van der Waals surface area contributed by atoms with Crippen LogP contribution in [0.4, 0.5) is 43.9 Å². The molecule has 3 rings (SSSR count). The third kappa shape index (κ3) is 6.09. The predicted octanol–water partition coefficient (Wildman–Crippen LogP) is 3.89. The lowest BCUT2D eigenvalue weighted by molar-refractivity contribution is -0.301. The first kappa shape index (κ1) is 22.8. The Bertz CT molecular complexity index is 855. The summed E-state index contributed by atoms with van der Waals surface area (Å²) >= 11 is 0. The van der Waals surface area contributed by atoms with Crippen molar-refractivity contribution in [1.82, 2.24) is 15.0 Å². The van der Waals surface area contributed by atoms with Crippen LogP contribution in [0.3, 0.4) is 0 Å². The van der Waals surface area contributed by atoms with Gasteiger partial charge in [0, 0.05) is 18.8 Å². The summed E-state index contributed by atoms with van der Waals surface area (Å²) in [6, 6.07) is 5.90. The highest BCUT2D eigenvalue weighted by Crippen LogP contribution is 2.36. The van der Waals surface area contributed by atoms with E-state index in [0.717, 1.165) is 12.0 Å². The summed E-state index contributed by atoms with van der Waals surface area (Å²) in [5, 5.41) is 2.76. The Labute approximate surface area is 173 Å². The molecule has 0 spiro atoms. The molecule has 1 aromatic heterocycles. The number of rotatable bonds is 6. The van der Waals surface area contributed by atoms with E-state index in [1.54, 1.807) is 17.0 Å². The molecule has 0 radical (unpaired) electrons. The highest BCUT2D eigenvalue weighted by atomic mass is 19.4. The van der Waals surface area contributed by atoms with Crippen molar-refractivity contribution in [1.29, 1.82) is 0 Å². The monoisotopic (exact) mass is 451 g/mol. The number of nitrogens with one attached hydrogen (secondary N) is 1. The molecule has 1 aliphatic rings. The average Bonchev–Trinajstić information content (AvgIpc) is 2.71. The average molecular weight is 451 g/mol. The number of hydrogen-bond acceptors (Lipinski definition) is 7. The highest BCUT2D eigenvalue weighted by molar-refractivity contribution is 5.55. The van der Waals surface area contributed by atoms with Crippen molar-refractivity contribution in [2.45, 2.75) is 31.8 Å². The summed E-state index contributed by atoms with van der Waals surface area (Å²) < 4.78 is 86.9. The number of aryl methyl sites for hydroxylation is 1. The van der Waals surface area contributed by atoms with E-state index in [1.165, 1.54) is 0 Å². The Morgan fingerprint density at radius 2 is 1.61 bits per heavy atom. The van der Waals surface area contributed by atoms with Crippen LogP contribution in [0.25, 0.3) is 0 Å². The Morgan fingerprint density at radius 1 is 1.00 bits per heavy atom. The molecule has 7 nitrogen and oxygen atoms in total. The van der Waals surface area contributed by atoms with Gasteiger partial charge in [-0.05, 0) is 24.1 Å². The maximum atomic E-state index is 12.9. The molecule has 31 heavy (non-hydrogen) atoms. The van der Waals surface area contributed by atoms with E-state index in [-0.39, 0.29) is 11.9 Å². The summed E-state index contributed by atoms with van der Waals surface area (Å²) in [6.07, 6.45) is -14.7. The normalized spacial score (nSPS) is 15.3. The molecule has 0 bridgehead atoms. The number of halogens is 6. The van der Waals surface area contributed by atoms with E-state index >= 15 is 0 Å². The quantitative estimate of drug-likeness (QED) is 0.669. The minimum Gasteiger partial charge on any atom is -0.440 e. The molecule has 2 aromatic rings. The summed E-state index contributed by atoms with van der Waals surface area (Å²) in [7, 11) is 0. The Balaban J connectivity index is 1.93. The van der Waals surface area contributed by atoms with Gasteiger partial charge in [0.05, 0.1) is 13.2 Å². The second kappa shape index (κ2) is 9.12. The van der Waals surface area contributed by atoms with Crippen molar-refractivity contribution >= 4 is 17.6 Å². The van der Waals surface area contributed by atoms with Crippen LogP contribution in [0.5, 0.6) is 6.01 Å². The second-order valence-electron chi connectivity index (χ2n) is 6.60. The van der Waals surface area contributed by atoms with Crippen LogP contribution in [0, 0.1) is 0 Å². The molecule has 0 aliphatic carbocycles. The van der Waals surface area contributed by atoms with Gasteiger partial charge in [-0.3, -0.25) is 0 Å². The summed E-state index contributed by atoms with van der Waals surface area (Å²) in [5.41, 5.74) is 1.53. The lowest BCUT2D eigenvalue weighted by atomic mass is 10.1. The molecule has 0 amide bonds. The fourth-order valence-electron chi connectivity index (χ4n) is 2.74. The van der Waals surface area contributed by atoms with E-state index < -0.39 is 24.5 Å². The minimum atomic E-state index is -5.70. The van der Waals surface area contributed by atoms with Crippen LogP contribution < -0.4 is 15.0 Å². The van der Waals surface area contributed by atoms with Crippen LogP contribution in [0.2, 0.25) is 0 Å². The Hall–Kier alpha value is -2.83. The van der Waals surface area contributed by atoms with E-state index in [2.05, 4.69) is 25.0 Å². The lowest BCUT2D eigenvalue weighted by Gasteiger charge is -2.27. The zero-order chi connectivity index (χ0) is 22.6. The number of ether oxygens (including phenoxy) is 2. The fourth-order valence-corrected chi connectivity index (χ4v) is 2.74. The molecule has 0 unspecified atom stereocenters. The van der Waals surface area contributed by atoms with Crippen molar-refractivity contribution < 1.29 is 35.8 Å². The van der Waals surface area contributed by atoms with Gasteiger partial charge >= 0.3 is 18.4 Å².